The van der Waals surface area contributed by atoms with Crippen LogP contribution in [0.25, 0.3) is 0 Å². The van der Waals surface area contributed by atoms with Crippen LogP contribution in [-0.2, 0) is 9.59 Å². The Labute approximate surface area is 296 Å². The molecule has 7 nitrogen and oxygen atoms in total. The Morgan fingerprint density at radius 1 is 0.417 bits per heavy atom. The summed E-state index contributed by atoms with van der Waals surface area (Å²) in [5.74, 6) is -1.67. The van der Waals surface area contributed by atoms with Gasteiger partial charge in [-0.05, 0) is 25.7 Å². The van der Waals surface area contributed by atoms with Gasteiger partial charge in [0.15, 0.2) is 0 Å². The van der Waals surface area contributed by atoms with Gasteiger partial charge in [0.1, 0.15) is 0 Å². The van der Waals surface area contributed by atoms with Crippen LogP contribution >= 0.6 is 0 Å². The molecule has 0 heterocycles. The second-order valence-corrected chi connectivity index (χ2v) is 13.8. The molecule has 0 aromatic heterocycles. The van der Waals surface area contributed by atoms with Crippen molar-refractivity contribution in [3.63, 3.8) is 0 Å². The topological polar surface area (TPSA) is 135 Å². The fourth-order valence-corrected chi connectivity index (χ4v) is 5.08. The van der Waals surface area contributed by atoms with Crippen molar-refractivity contribution < 1.29 is 35.1 Å². The normalized spacial score (nSPS) is 11.4. The number of rotatable bonds is 33. The molecule has 5 N–H and O–H groups in total. The molecule has 0 aliphatic rings. The number of carboxylic acids is 2. The average Bonchev–Trinajstić information content (AvgIpc) is 3.08. The molecule has 0 aromatic rings. The van der Waals surface area contributed by atoms with E-state index in [1.54, 1.807) is 19.1 Å². The van der Waals surface area contributed by atoms with Gasteiger partial charge in [-0.2, -0.15) is 0 Å². The van der Waals surface area contributed by atoms with Crippen molar-refractivity contribution in [2.75, 3.05) is 19.8 Å². The van der Waals surface area contributed by atoms with E-state index in [0.29, 0.717) is 0 Å². The first-order chi connectivity index (χ1) is 23.2. The number of aliphatic hydroxyl groups is 3. The third kappa shape index (κ3) is 48.7. The Morgan fingerprint density at radius 3 is 0.792 bits per heavy atom. The van der Waals surface area contributed by atoms with Crippen molar-refractivity contribution >= 4 is 11.9 Å². The molecule has 0 atom stereocenters. The Morgan fingerprint density at radius 2 is 0.625 bits per heavy atom. The highest BCUT2D eigenvalue weighted by molar-refractivity contribution is 5.79. The monoisotopic (exact) mass is 685 g/mol. The molecule has 0 unspecified atom stereocenters. The lowest BCUT2D eigenvalue weighted by Crippen LogP contribution is -2.29. The summed E-state index contributed by atoms with van der Waals surface area (Å²) in [6, 6.07) is 0. The maximum atomic E-state index is 10.2. The maximum Gasteiger partial charge on any atom is 0.327 e. The number of carbonyl (C=O) groups is 2. The number of hydrogen-bond donors (Lipinski definition) is 5. The van der Waals surface area contributed by atoms with E-state index < -0.39 is 17.4 Å². The van der Waals surface area contributed by atoms with E-state index in [1.807, 2.05) is 0 Å². The lowest BCUT2D eigenvalue weighted by Gasteiger charge is -2.20. The lowest BCUT2D eigenvalue weighted by molar-refractivity contribution is -0.132. The van der Waals surface area contributed by atoms with E-state index in [4.69, 9.17) is 25.5 Å². The van der Waals surface area contributed by atoms with Crippen LogP contribution in [0.15, 0.2) is 24.3 Å². The molecular formula is C41H80O7. The Balaban J connectivity index is -0.000000689. The summed E-state index contributed by atoms with van der Waals surface area (Å²) >= 11 is 0. The van der Waals surface area contributed by atoms with Gasteiger partial charge in [-0.1, -0.05) is 187 Å². The van der Waals surface area contributed by atoms with E-state index in [2.05, 4.69) is 13.8 Å². The second-order valence-electron chi connectivity index (χ2n) is 13.8. The molecule has 0 amide bonds. The smallest absolute Gasteiger partial charge is 0.327 e. The van der Waals surface area contributed by atoms with E-state index in [0.717, 1.165) is 25.7 Å². The molecule has 0 bridgehead atoms. The first kappa shape index (κ1) is 50.7. The summed E-state index contributed by atoms with van der Waals surface area (Å²) in [7, 11) is 0. The number of aliphatic hydroxyl groups excluding tert-OH is 3. The van der Waals surface area contributed by atoms with Crippen LogP contribution < -0.4 is 0 Å². The van der Waals surface area contributed by atoms with Gasteiger partial charge in [0.25, 0.3) is 0 Å². The molecule has 0 fully saturated rings. The SMILES string of the molecule is CC(CO)(CO)CO.CCCCCCCCCCCCCCCC=CC(=O)O.CCCCCCCCCCCCCCCC=CC(=O)O. The summed E-state index contributed by atoms with van der Waals surface area (Å²) in [5.41, 5.74) is -0.708. The minimum absolute atomic E-state index is 0.181. The molecule has 0 spiro atoms. The Kier molecular flexibility index (Phi) is 45.7. The summed E-state index contributed by atoms with van der Waals surface area (Å²) in [6.07, 6.45) is 43.1. The predicted octanol–water partition coefficient (Wildman–Crippen LogP) is 11.2. The summed E-state index contributed by atoms with van der Waals surface area (Å²) in [6.45, 7) is 5.60. The highest BCUT2D eigenvalue weighted by atomic mass is 16.4. The van der Waals surface area contributed by atoms with Gasteiger partial charge in [0.2, 0.25) is 0 Å². The van der Waals surface area contributed by atoms with E-state index in [9.17, 15) is 9.59 Å². The van der Waals surface area contributed by atoms with Crippen molar-refractivity contribution in [2.24, 2.45) is 5.41 Å². The predicted molar refractivity (Wildman–Crippen MR) is 204 cm³/mol. The zero-order valence-electron chi connectivity index (χ0n) is 31.8. The number of carboxylic acid groups (broad SMARTS) is 2. The summed E-state index contributed by atoms with van der Waals surface area (Å²) in [5, 5.41) is 42.3. The van der Waals surface area contributed by atoms with Gasteiger partial charge < -0.3 is 25.5 Å². The van der Waals surface area contributed by atoms with Crippen LogP contribution in [0.4, 0.5) is 0 Å². The minimum atomic E-state index is -0.834. The van der Waals surface area contributed by atoms with Crippen molar-refractivity contribution in [3.8, 4) is 0 Å². The first-order valence-corrected chi connectivity index (χ1v) is 19.8. The highest BCUT2D eigenvalue weighted by Crippen LogP contribution is 2.14. The number of unbranched alkanes of at least 4 members (excludes halogenated alkanes) is 26. The van der Waals surface area contributed by atoms with Crippen LogP contribution in [0.1, 0.15) is 201 Å². The van der Waals surface area contributed by atoms with Crippen LogP contribution in [0.3, 0.4) is 0 Å². The fraction of sp³-hybridized carbons (Fsp3) is 0.854. The van der Waals surface area contributed by atoms with Crippen LogP contribution in [-0.4, -0.2) is 57.3 Å². The lowest BCUT2D eigenvalue weighted by atomic mass is 9.95. The molecule has 7 heteroatoms. The first-order valence-electron chi connectivity index (χ1n) is 19.8. The van der Waals surface area contributed by atoms with Gasteiger partial charge in [-0.15, -0.1) is 0 Å². The molecule has 0 rings (SSSR count). The molecule has 0 aliphatic carbocycles. The van der Waals surface area contributed by atoms with Gasteiger partial charge in [0, 0.05) is 17.6 Å². The molecule has 0 aromatic carbocycles. The zero-order chi connectivity index (χ0) is 36.4. The van der Waals surface area contributed by atoms with Crippen LogP contribution in [0, 0.1) is 5.41 Å². The molecule has 0 saturated carbocycles. The van der Waals surface area contributed by atoms with E-state index in [1.165, 1.54) is 166 Å². The van der Waals surface area contributed by atoms with Crippen molar-refractivity contribution in [1.82, 2.24) is 0 Å². The molecule has 0 saturated heterocycles. The van der Waals surface area contributed by atoms with Gasteiger partial charge in [-0.3, -0.25) is 0 Å². The minimum Gasteiger partial charge on any atom is -0.478 e. The molecular weight excluding hydrogens is 604 g/mol. The van der Waals surface area contributed by atoms with Crippen molar-refractivity contribution in [2.45, 2.75) is 201 Å². The third-order valence-corrected chi connectivity index (χ3v) is 8.61. The molecule has 48 heavy (non-hydrogen) atoms. The number of allylic oxidation sites excluding steroid dienone is 2. The third-order valence-electron chi connectivity index (χ3n) is 8.61. The van der Waals surface area contributed by atoms with E-state index >= 15 is 0 Å². The largest absolute Gasteiger partial charge is 0.478 e. The fourth-order valence-electron chi connectivity index (χ4n) is 5.08. The van der Waals surface area contributed by atoms with Crippen LogP contribution in [0.2, 0.25) is 0 Å². The maximum absolute atomic E-state index is 10.2. The quantitative estimate of drug-likeness (QED) is 0.0343. The summed E-state index contributed by atoms with van der Waals surface area (Å²) < 4.78 is 0. The highest BCUT2D eigenvalue weighted by Gasteiger charge is 2.20. The van der Waals surface area contributed by atoms with Crippen LogP contribution in [0.5, 0.6) is 0 Å². The van der Waals surface area contributed by atoms with Crippen molar-refractivity contribution in [3.05, 3.63) is 24.3 Å². The Hall–Kier alpha value is -1.70. The van der Waals surface area contributed by atoms with E-state index in [-0.39, 0.29) is 19.8 Å². The van der Waals surface area contributed by atoms with Gasteiger partial charge >= 0.3 is 11.9 Å². The second kappa shape index (κ2) is 43.3. The Bertz CT molecular complexity index is 643. The van der Waals surface area contributed by atoms with Gasteiger partial charge in [0.05, 0.1) is 19.8 Å². The van der Waals surface area contributed by atoms with Crippen molar-refractivity contribution in [1.29, 1.82) is 0 Å². The zero-order valence-corrected chi connectivity index (χ0v) is 31.8. The molecule has 0 radical (unpaired) electrons. The number of aliphatic carboxylic acids is 2. The molecule has 0 aliphatic heterocycles. The standard InChI is InChI=1S/2C18H34O2.C5H12O3/c2*1-2-3-4-5-6-7-8-9-10-11-12-13-14-15-16-17-18(19)20;1-5(2-6,3-7)4-8/h2*16-17H,2-15H2,1H3,(H,19,20);6-8H,2-4H2,1H3. The van der Waals surface area contributed by atoms with Gasteiger partial charge in [-0.25, -0.2) is 9.59 Å². The average molecular weight is 685 g/mol. The summed E-state index contributed by atoms with van der Waals surface area (Å²) in [4.78, 5) is 20.5. The molecule has 286 valence electrons. The number of hydrogen-bond acceptors (Lipinski definition) is 5.